The summed E-state index contributed by atoms with van der Waals surface area (Å²) in [6.07, 6.45) is 0.397. The van der Waals surface area contributed by atoms with E-state index in [1.54, 1.807) is 16.9 Å². The fourth-order valence-electron chi connectivity index (χ4n) is 4.49. The third-order valence-corrected chi connectivity index (χ3v) is 6.12. The highest BCUT2D eigenvalue weighted by Gasteiger charge is 2.33. The van der Waals surface area contributed by atoms with Crippen molar-refractivity contribution in [2.75, 3.05) is 18.5 Å². The highest BCUT2D eigenvalue weighted by Crippen LogP contribution is 2.36. The smallest absolute Gasteiger partial charge is 0.404 e. The van der Waals surface area contributed by atoms with Crippen molar-refractivity contribution in [2.24, 2.45) is 5.73 Å². The molecule has 13 heteroatoms. The Labute approximate surface area is 209 Å². The number of carbonyl (C=O) groups excluding carboxylic acids is 1. The summed E-state index contributed by atoms with van der Waals surface area (Å²) in [5.74, 6) is -1.01. The molecule has 0 saturated carbocycles. The van der Waals surface area contributed by atoms with Crippen molar-refractivity contribution in [1.82, 2.24) is 19.7 Å². The van der Waals surface area contributed by atoms with Crippen LogP contribution in [0.4, 0.5) is 24.8 Å². The lowest BCUT2D eigenvalue weighted by molar-refractivity contribution is -0.274. The molecule has 2 aliphatic rings. The summed E-state index contributed by atoms with van der Waals surface area (Å²) in [4.78, 5) is 21.0. The molecule has 1 fully saturated rings. The van der Waals surface area contributed by atoms with E-state index in [1.165, 1.54) is 18.2 Å². The quantitative estimate of drug-likeness (QED) is 0.462. The number of aromatic nitrogens is 4. The summed E-state index contributed by atoms with van der Waals surface area (Å²) < 4.78 is 55.7. The second kappa shape index (κ2) is 10.3. The molecule has 0 radical (unpaired) electrons. The van der Waals surface area contributed by atoms with Crippen LogP contribution >= 0.6 is 0 Å². The van der Waals surface area contributed by atoms with Gasteiger partial charge in [-0.15, -0.1) is 13.2 Å². The Morgan fingerprint density at radius 1 is 1.24 bits per heavy atom. The number of alkyl halides is 3. The Kier molecular flexibility index (Phi) is 6.98. The number of primary amides is 1. The number of ether oxygens (including phenoxy) is 3. The lowest BCUT2D eigenvalue weighted by Crippen LogP contribution is -2.24. The monoisotopic (exact) mass is 518 g/mol. The zero-order chi connectivity index (χ0) is 26.0. The minimum Gasteiger partial charge on any atom is -0.404 e. The van der Waals surface area contributed by atoms with Gasteiger partial charge in [-0.2, -0.15) is 5.10 Å². The van der Waals surface area contributed by atoms with Gasteiger partial charge in [0.05, 0.1) is 30.2 Å². The fraction of sp³-hybridized carbons (Fsp3) is 0.417. The minimum atomic E-state index is -4.86. The molecule has 1 aromatic carbocycles. The molecular formula is C24H25F3N6O4. The molecule has 1 saturated heterocycles. The summed E-state index contributed by atoms with van der Waals surface area (Å²) in [6, 6.07) is 5.61. The van der Waals surface area contributed by atoms with Gasteiger partial charge in [-0.05, 0) is 49.8 Å². The van der Waals surface area contributed by atoms with Crippen molar-refractivity contribution in [2.45, 2.75) is 51.3 Å². The molecule has 0 spiro atoms. The molecule has 1 aliphatic heterocycles. The number of carbonyl (C=O) groups is 1. The summed E-state index contributed by atoms with van der Waals surface area (Å²) in [6.45, 7) is 1.28. The van der Waals surface area contributed by atoms with E-state index in [1.807, 2.05) is 0 Å². The SMILES string of the molecule is NC(=O)c1nn(CCOC2CCCCO2)c2c1CCc1cnc(Nc3ccccc3OC(F)(F)F)nc1-2. The molecule has 10 nitrogen and oxygen atoms in total. The number of hydrogen-bond donors (Lipinski definition) is 2. The first-order chi connectivity index (χ1) is 17.8. The predicted molar refractivity (Wildman–Crippen MR) is 125 cm³/mol. The Hall–Kier alpha value is -3.71. The van der Waals surface area contributed by atoms with Crippen LogP contribution in [0.5, 0.6) is 5.75 Å². The molecule has 5 rings (SSSR count). The number of nitrogens with zero attached hydrogens (tertiary/aromatic N) is 4. The van der Waals surface area contributed by atoms with Crippen molar-refractivity contribution in [1.29, 1.82) is 0 Å². The largest absolute Gasteiger partial charge is 0.573 e. The number of amides is 1. The van der Waals surface area contributed by atoms with Crippen LogP contribution in [0.15, 0.2) is 30.5 Å². The number of fused-ring (bicyclic) bond motifs is 3. The summed E-state index contributed by atoms with van der Waals surface area (Å²) in [5.41, 5.74) is 8.40. The number of anilines is 2. The highest BCUT2D eigenvalue weighted by molar-refractivity contribution is 5.94. The van der Waals surface area contributed by atoms with E-state index < -0.39 is 18.0 Å². The first-order valence-corrected chi connectivity index (χ1v) is 11.9. The van der Waals surface area contributed by atoms with Gasteiger partial charge < -0.3 is 25.3 Å². The van der Waals surface area contributed by atoms with Crippen LogP contribution in [0.2, 0.25) is 0 Å². The van der Waals surface area contributed by atoms with E-state index in [0.717, 1.165) is 24.8 Å². The lowest BCUT2D eigenvalue weighted by atomic mass is 9.93. The number of para-hydroxylation sites is 2. The van der Waals surface area contributed by atoms with Crippen LogP contribution in [0.3, 0.4) is 0 Å². The number of benzene rings is 1. The summed E-state index contributed by atoms with van der Waals surface area (Å²) in [7, 11) is 0. The van der Waals surface area contributed by atoms with Crippen LogP contribution in [0.1, 0.15) is 40.9 Å². The maximum Gasteiger partial charge on any atom is 0.573 e. The first-order valence-electron chi connectivity index (χ1n) is 11.9. The number of aryl methyl sites for hydroxylation is 1. The Morgan fingerprint density at radius 3 is 2.84 bits per heavy atom. The summed E-state index contributed by atoms with van der Waals surface area (Å²) in [5, 5.41) is 7.24. The standard InChI is InChI=1S/C24H25F3N6O4/c25-24(26,27)37-17-6-2-1-5-16(17)30-23-29-13-14-8-9-15-20(22(28)34)32-33(21(15)19(14)31-23)10-12-36-18-7-3-4-11-35-18/h1-2,5-6,13,18H,3-4,7-12H2,(H2,28,34)(H,29,30,31). The molecule has 37 heavy (non-hydrogen) atoms. The van der Waals surface area contributed by atoms with Crippen molar-refractivity contribution in [3.8, 4) is 17.1 Å². The summed E-state index contributed by atoms with van der Waals surface area (Å²) >= 11 is 0. The number of halogens is 3. The van der Waals surface area contributed by atoms with Crippen LogP contribution in [-0.2, 0) is 28.9 Å². The van der Waals surface area contributed by atoms with Crippen LogP contribution in [0, 0.1) is 0 Å². The third-order valence-electron chi connectivity index (χ3n) is 6.12. The van der Waals surface area contributed by atoms with Gasteiger partial charge in [0.2, 0.25) is 5.95 Å². The highest BCUT2D eigenvalue weighted by atomic mass is 19.4. The van der Waals surface area contributed by atoms with Crippen molar-refractivity contribution in [3.63, 3.8) is 0 Å². The maximum atomic E-state index is 12.8. The van der Waals surface area contributed by atoms with Gasteiger partial charge >= 0.3 is 6.36 Å². The van der Waals surface area contributed by atoms with Crippen molar-refractivity contribution in [3.05, 3.63) is 47.3 Å². The molecule has 1 aliphatic carbocycles. The van der Waals surface area contributed by atoms with Gasteiger partial charge in [-0.1, -0.05) is 12.1 Å². The predicted octanol–water partition coefficient (Wildman–Crippen LogP) is 3.72. The van der Waals surface area contributed by atoms with E-state index in [0.29, 0.717) is 49.6 Å². The van der Waals surface area contributed by atoms with E-state index >= 15 is 0 Å². The first kappa shape index (κ1) is 25.0. The average molecular weight is 518 g/mol. The molecule has 1 atom stereocenters. The molecule has 0 bridgehead atoms. The maximum absolute atomic E-state index is 12.8. The molecule has 196 valence electrons. The third kappa shape index (κ3) is 5.67. The second-order valence-electron chi connectivity index (χ2n) is 8.67. The van der Waals surface area contributed by atoms with Gasteiger partial charge in [0.1, 0.15) is 0 Å². The minimum absolute atomic E-state index is 0.0445. The topological polar surface area (TPSA) is 126 Å². The molecule has 1 amide bonds. The lowest BCUT2D eigenvalue weighted by Gasteiger charge is -2.23. The van der Waals surface area contributed by atoms with Crippen molar-refractivity contribution < 1.29 is 32.2 Å². The van der Waals surface area contributed by atoms with E-state index in [9.17, 15) is 18.0 Å². The number of hydrogen-bond acceptors (Lipinski definition) is 8. The molecule has 1 unspecified atom stereocenters. The Morgan fingerprint density at radius 2 is 2.08 bits per heavy atom. The molecule has 3 N–H and O–H groups in total. The zero-order valence-corrected chi connectivity index (χ0v) is 19.8. The van der Waals surface area contributed by atoms with E-state index in [4.69, 9.17) is 15.2 Å². The van der Waals surface area contributed by atoms with Gasteiger partial charge in [-0.25, -0.2) is 9.97 Å². The fourth-order valence-corrected chi connectivity index (χ4v) is 4.49. The van der Waals surface area contributed by atoms with E-state index in [-0.39, 0.29) is 23.6 Å². The van der Waals surface area contributed by atoms with Crippen LogP contribution in [0.25, 0.3) is 11.4 Å². The van der Waals surface area contributed by atoms with Gasteiger partial charge in [-0.3, -0.25) is 9.48 Å². The van der Waals surface area contributed by atoms with Crippen LogP contribution < -0.4 is 15.8 Å². The number of rotatable bonds is 8. The molecule has 3 aromatic rings. The molecule has 2 aromatic heterocycles. The average Bonchev–Trinajstić information content (AvgIpc) is 3.24. The van der Waals surface area contributed by atoms with Gasteiger partial charge in [0, 0.05) is 18.4 Å². The number of nitrogens with one attached hydrogen (secondary N) is 1. The van der Waals surface area contributed by atoms with Gasteiger partial charge in [0.15, 0.2) is 17.7 Å². The number of nitrogens with two attached hydrogens (primary N) is 1. The van der Waals surface area contributed by atoms with Crippen molar-refractivity contribution >= 4 is 17.5 Å². The molecular weight excluding hydrogens is 493 g/mol. The Bertz CT molecular complexity index is 1290. The normalized spacial score (nSPS) is 17.1. The Balaban J connectivity index is 1.44. The van der Waals surface area contributed by atoms with E-state index in [2.05, 4.69) is 25.1 Å². The zero-order valence-electron chi connectivity index (χ0n) is 19.8. The molecule has 3 heterocycles. The van der Waals surface area contributed by atoms with Gasteiger partial charge in [0.25, 0.3) is 5.91 Å². The van der Waals surface area contributed by atoms with Crippen LogP contribution in [-0.4, -0.2) is 51.5 Å². The second-order valence-corrected chi connectivity index (χ2v) is 8.67.